The lowest BCUT2D eigenvalue weighted by Crippen LogP contribution is -2.20. The maximum Gasteiger partial charge on any atom is 0.268 e. The summed E-state index contributed by atoms with van der Waals surface area (Å²) in [6.45, 7) is 2.57. The predicted octanol–water partition coefficient (Wildman–Crippen LogP) is 2.49. The van der Waals surface area contributed by atoms with Gasteiger partial charge in [0.15, 0.2) is 0 Å². The summed E-state index contributed by atoms with van der Waals surface area (Å²) >= 11 is 0. The molecule has 1 heterocycles. The first-order valence-electron chi connectivity index (χ1n) is 5.03. The van der Waals surface area contributed by atoms with Crippen LogP contribution in [0.4, 0.5) is 5.69 Å². The van der Waals surface area contributed by atoms with Crippen LogP contribution in [0.3, 0.4) is 0 Å². The number of anilines is 1. The Bertz CT molecular complexity index is 460. The Morgan fingerprint density at radius 1 is 1.31 bits per heavy atom. The first-order chi connectivity index (χ1) is 7.66. The van der Waals surface area contributed by atoms with Gasteiger partial charge in [0.25, 0.3) is 5.70 Å². The molecular weight excluding hydrogens is 204 g/mol. The summed E-state index contributed by atoms with van der Waals surface area (Å²) in [6.07, 6.45) is 4.87. The SMILES string of the molecule is Cc1ccc(N2C=CC([N+](=O)[O-])=CC2)cc1. The summed E-state index contributed by atoms with van der Waals surface area (Å²) < 4.78 is 0. The molecule has 1 aromatic carbocycles. The van der Waals surface area contributed by atoms with Crippen LogP contribution in [0.15, 0.2) is 48.3 Å². The minimum absolute atomic E-state index is 0.156. The Hall–Kier alpha value is -2.10. The molecule has 1 aliphatic rings. The van der Waals surface area contributed by atoms with Gasteiger partial charge in [0, 0.05) is 30.6 Å². The molecule has 0 unspecified atom stereocenters. The Balaban J connectivity index is 2.14. The molecule has 0 spiro atoms. The molecule has 0 radical (unpaired) electrons. The maximum absolute atomic E-state index is 10.5. The van der Waals surface area contributed by atoms with Crippen molar-refractivity contribution in [2.24, 2.45) is 0 Å². The molecule has 0 amide bonds. The summed E-state index contributed by atoms with van der Waals surface area (Å²) in [7, 11) is 0. The topological polar surface area (TPSA) is 46.4 Å². The van der Waals surface area contributed by atoms with Crippen molar-refractivity contribution in [3.8, 4) is 0 Å². The van der Waals surface area contributed by atoms with Crippen molar-refractivity contribution in [2.45, 2.75) is 6.92 Å². The molecule has 1 aliphatic heterocycles. The molecule has 0 fully saturated rings. The number of nitro groups is 1. The number of hydrogen-bond donors (Lipinski definition) is 0. The molecule has 0 aromatic heterocycles. The van der Waals surface area contributed by atoms with E-state index in [9.17, 15) is 10.1 Å². The van der Waals surface area contributed by atoms with Gasteiger partial charge in [0.05, 0.1) is 4.92 Å². The van der Waals surface area contributed by atoms with E-state index in [1.165, 1.54) is 11.6 Å². The van der Waals surface area contributed by atoms with Gasteiger partial charge in [-0.2, -0.15) is 0 Å². The average Bonchev–Trinajstić information content (AvgIpc) is 2.30. The molecule has 0 aliphatic carbocycles. The number of allylic oxidation sites excluding steroid dienone is 1. The zero-order valence-corrected chi connectivity index (χ0v) is 8.96. The van der Waals surface area contributed by atoms with E-state index >= 15 is 0 Å². The standard InChI is InChI=1S/C12H12N2O2/c1-10-2-4-11(5-3-10)13-8-6-12(7-9-13)14(15)16/h2-8H,9H2,1H3. The van der Waals surface area contributed by atoms with Gasteiger partial charge in [0.2, 0.25) is 0 Å². The summed E-state index contributed by atoms with van der Waals surface area (Å²) in [5.41, 5.74) is 2.40. The molecule has 0 bridgehead atoms. The van der Waals surface area contributed by atoms with Crippen molar-refractivity contribution in [1.29, 1.82) is 0 Å². The number of nitrogens with zero attached hydrogens (tertiary/aromatic N) is 2. The summed E-state index contributed by atoms with van der Waals surface area (Å²) in [6, 6.07) is 8.06. The fourth-order valence-corrected chi connectivity index (χ4v) is 1.55. The second-order valence-electron chi connectivity index (χ2n) is 3.69. The van der Waals surface area contributed by atoms with Gasteiger partial charge in [-0.05, 0) is 19.1 Å². The van der Waals surface area contributed by atoms with Crippen molar-refractivity contribution < 1.29 is 4.92 Å². The molecule has 82 valence electrons. The van der Waals surface area contributed by atoms with E-state index in [0.717, 1.165) is 5.69 Å². The van der Waals surface area contributed by atoms with E-state index in [1.807, 2.05) is 36.1 Å². The molecular formula is C12H12N2O2. The zero-order chi connectivity index (χ0) is 11.5. The number of benzene rings is 1. The lowest BCUT2D eigenvalue weighted by Gasteiger charge is -2.20. The van der Waals surface area contributed by atoms with Crippen LogP contribution >= 0.6 is 0 Å². The highest BCUT2D eigenvalue weighted by Crippen LogP contribution is 2.18. The predicted molar refractivity (Wildman–Crippen MR) is 62.7 cm³/mol. The molecule has 0 saturated heterocycles. The Kier molecular flexibility index (Phi) is 2.72. The van der Waals surface area contributed by atoms with Crippen molar-refractivity contribution in [1.82, 2.24) is 0 Å². The molecule has 2 rings (SSSR count). The van der Waals surface area contributed by atoms with Gasteiger partial charge in [0.1, 0.15) is 0 Å². The van der Waals surface area contributed by atoms with Crippen LogP contribution in [0.5, 0.6) is 0 Å². The molecule has 0 N–H and O–H groups in total. The highest BCUT2D eigenvalue weighted by atomic mass is 16.6. The number of hydrogen-bond acceptors (Lipinski definition) is 3. The summed E-state index contributed by atoms with van der Waals surface area (Å²) in [5.74, 6) is 0. The van der Waals surface area contributed by atoms with E-state index < -0.39 is 0 Å². The zero-order valence-electron chi connectivity index (χ0n) is 8.96. The van der Waals surface area contributed by atoms with E-state index in [4.69, 9.17) is 0 Å². The lowest BCUT2D eigenvalue weighted by molar-refractivity contribution is -0.419. The molecule has 16 heavy (non-hydrogen) atoms. The highest BCUT2D eigenvalue weighted by molar-refractivity contribution is 5.52. The number of aryl methyl sites for hydroxylation is 1. The molecule has 0 atom stereocenters. The molecule has 4 heteroatoms. The largest absolute Gasteiger partial charge is 0.344 e. The van der Waals surface area contributed by atoms with Gasteiger partial charge in [-0.25, -0.2) is 0 Å². The molecule has 1 aromatic rings. The van der Waals surface area contributed by atoms with E-state index in [0.29, 0.717) is 6.54 Å². The van der Waals surface area contributed by atoms with Gasteiger partial charge in [-0.15, -0.1) is 0 Å². The summed E-state index contributed by atoms with van der Waals surface area (Å²) in [5, 5.41) is 10.5. The smallest absolute Gasteiger partial charge is 0.268 e. The number of rotatable bonds is 2. The van der Waals surface area contributed by atoms with Crippen molar-refractivity contribution >= 4 is 5.69 Å². The minimum atomic E-state index is -0.372. The molecule has 4 nitrogen and oxygen atoms in total. The van der Waals surface area contributed by atoms with Gasteiger partial charge in [-0.1, -0.05) is 17.7 Å². The minimum Gasteiger partial charge on any atom is -0.344 e. The highest BCUT2D eigenvalue weighted by Gasteiger charge is 2.13. The normalized spacial score (nSPS) is 14.8. The average molecular weight is 216 g/mol. The fraction of sp³-hybridized carbons (Fsp3) is 0.167. The lowest BCUT2D eigenvalue weighted by atomic mass is 10.2. The van der Waals surface area contributed by atoms with Crippen molar-refractivity contribution in [3.63, 3.8) is 0 Å². The Morgan fingerprint density at radius 3 is 2.50 bits per heavy atom. The monoisotopic (exact) mass is 216 g/mol. The van der Waals surface area contributed by atoms with Gasteiger partial charge >= 0.3 is 0 Å². The third-order valence-corrected chi connectivity index (χ3v) is 2.50. The van der Waals surface area contributed by atoms with Crippen LogP contribution in [0.2, 0.25) is 0 Å². The van der Waals surface area contributed by atoms with Crippen LogP contribution in [0.1, 0.15) is 5.56 Å². The van der Waals surface area contributed by atoms with Crippen molar-refractivity contribution in [2.75, 3.05) is 11.4 Å². The molecule has 0 saturated carbocycles. The Labute approximate surface area is 93.6 Å². The van der Waals surface area contributed by atoms with E-state index in [-0.39, 0.29) is 10.6 Å². The van der Waals surface area contributed by atoms with Gasteiger partial charge in [-0.3, -0.25) is 10.1 Å². The maximum atomic E-state index is 10.5. The van der Waals surface area contributed by atoms with Crippen LogP contribution < -0.4 is 4.90 Å². The summed E-state index contributed by atoms with van der Waals surface area (Å²) in [4.78, 5) is 12.1. The second kappa shape index (κ2) is 4.18. The fourth-order valence-electron chi connectivity index (χ4n) is 1.55. The van der Waals surface area contributed by atoms with Crippen LogP contribution in [0.25, 0.3) is 0 Å². The first-order valence-corrected chi connectivity index (χ1v) is 5.03. The van der Waals surface area contributed by atoms with Crippen LogP contribution in [-0.4, -0.2) is 11.5 Å². The quantitative estimate of drug-likeness (QED) is 0.563. The first kappa shape index (κ1) is 10.4. The second-order valence-corrected chi connectivity index (χ2v) is 3.69. The van der Waals surface area contributed by atoms with Crippen LogP contribution in [0, 0.1) is 17.0 Å². The van der Waals surface area contributed by atoms with Crippen molar-refractivity contribution in [3.05, 3.63) is 64.0 Å². The van der Waals surface area contributed by atoms with Crippen LogP contribution in [-0.2, 0) is 0 Å². The van der Waals surface area contributed by atoms with E-state index in [1.54, 1.807) is 12.3 Å². The van der Waals surface area contributed by atoms with Gasteiger partial charge < -0.3 is 4.90 Å². The van der Waals surface area contributed by atoms with E-state index in [2.05, 4.69) is 0 Å². The third kappa shape index (κ3) is 2.11. The Morgan fingerprint density at radius 2 is 2.00 bits per heavy atom. The third-order valence-electron chi connectivity index (χ3n) is 2.50.